The third-order valence-corrected chi connectivity index (χ3v) is 20.2. The van der Waals surface area contributed by atoms with Gasteiger partial charge in [-0.1, -0.05) is 93.4 Å². The average molecular weight is 992 g/mol. The van der Waals surface area contributed by atoms with Crippen LogP contribution < -0.4 is 15.5 Å². The van der Waals surface area contributed by atoms with Gasteiger partial charge in [0.05, 0.1) is 23.0 Å². The molecule has 1 saturated heterocycles. The van der Waals surface area contributed by atoms with Crippen LogP contribution in [0.5, 0.6) is 23.0 Å². The van der Waals surface area contributed by atoms with E-state index in [1.165, 1.54) is 11.6 Å². The number of aryl methyl sites for hydroxylation is 1. The smallest absolute Gasteiger partial charge is 0.238 e. The molecular formula is C54H57NO9S4. The van der Waals surface area contributed by atoms with Gasteiger partial charge in [-0.05, 0) is 137 Å². The summed E-state index contributed by atoms with van der Waals surface area (Å²) in [6.45, 7) is 4.17. The molecule has 68 heavy (non-hydrogen) atoms. The van der Waals surface area contributed by atoms with Crippen LogP contribution >= 0.6 is 43.2 Å². The molecule has 7 atom stereocenters. The summed E-state index contributed by atoms with van der Waals surface area (Å²) in [5.74, 6) is 0.994. The van der Waals surface area contributed by atoms with Crippen LogP contribution in [0.4, 0.5) is 0 Å². The largest absolute Gasteiger partial charge is 0.507 e. The summed E-state index contributed by atoms with van der Waals surface area (Å²) >= 11 is 0. The molecule has 6 aromatic rings. The number of fused-ring (bicyclic) bond motifs is 10. The van der Waals surface area contributed by atoms with E-state index in [0.29, 0.717) is 60.1 Å². The van der Waals surface area contributed by atoms with E-state index in [-0.39, 0.29) is 75.7 Å². The van der Waals surface area contributed by atoms with Gasteiger partial charge in [0.2, 0.25) is 11.2 Å². The van der Waals surface area contributed by atoms with Crippen molar-refractivity contribution in [2.75, 3.05) is 25.2 Å². The molecule has 10 nitrogen and oxygen atoms in total. The van der Waals surface area contributed by atoms with Gasteiger partial charge in [0.1, 0.15) is 34.3 Å². The van der Waals surface area contributed by atoms with Crippen molar-refractivity contribution in [1.29, 1.82) is 0 Å². The number of ether oxygens (including phenoxy) is 1. The molecule has 0 saturated carbocycles. The molecule has 0 spiro atoms. The molecular weight excluding hydrogens is 935 g/mol. The summed E-state index contributed by atoms with van der Waals surface area (Å²) in [5.41, 5.74) is 9.01. The Morgan fingerprint density at radius 1 is 0.897 bits per heavy atom. The Balaban J connectivity index is 1.18. The number of aromatic hydroxyl groups is 3. The average Bonchev–Trinajstić information content (AvgIpc) is 3.35. The highest BCUT2D eigenvalue weighted by Crippen LogP contribution is 2.61. The summed E-state index contributed by atoms with van der Waals surface area (Å²) in [7, 11) is 8.66. The van der Waals surface area contributed by atoms with E-state index in [1.54, 1.807) is 43.2 Å². The molecule has 11 rings (SSSR count). The van der Waals surface area contributed by atoms with Crippen LogP contribution in [0.2, 0.25) is 0 Å². The quantitative estimate of drug-likeness (QED) is 0.0786. The molecule has 7 unspecified atom stereocenters. The summed E-state index contributed by atoms with van der Waals surface area (Å²) < 4.78 is 13.7. The van der Waals surface area contributed by atoms with Crippen LogP contribution in [-0.2, 0) is 25.0 Å². The molecule has 4 heterocycles. The molecule has 7 N–H and O–H groups in total. The van der Waals surface area contributed by atoms with Crippen LogP contribution in [0.3, 0.4) is 0 Å². The van der Waals surface area contributed by atoms with Gasteiger partial charge >= 0.3 is 0 Å². The van der Waals surface area contributed by atoms with Gasteiger partial charge in [-0.3, -0.25) is 4.79 Å². The maximum absolute atomic E-state index is 15.3. The Bertz CT molecular complexity index is 3050. The predicted octanol–water partition coefficient (Wildman–Crippen LogP) is 10.9. The lowest BCUT2D eigenvalue weighted by Crippen LogP contribution is -2.39. The van der Waals surface area contributed by atoms with Crippen molar-refractivity contribution in [3.8, 4) is 45.4 Å². The Labute approximate surface area is 411 Å². The first-order chi connectivity index (χ1) is 32.9. The fourth-order valence-electron chi connectivity index (χ4n) is 11.8. The van der Waals surface area contributed by atoms with Crippen LogP contribution in [-0.4, -0.2) is 74.1 Å². The van der Waals surface area contributed by atoms with Crippen molar-refractivity contribution in [1.82, 2.24) is 5.32 Å². The molecule has 14 heteroatoms. The van der Waals surface area contributed by atoms with Gasteiger partial charge in [-0.25, -0.2) is 0 Å². The second-order valence-corrected chi connectivity index (χ2v) is 24.8. The van der Waals surface area contributed by atoms with Crippen LogP contribution in [0.15, 0.2) is 63.8 Å². The maximum Gasteiger partial charge on any atom is 0.238 e. The lowest BCUT2D eigenvalue weighted by Gasteiger charge is -2.42. The second-order valence-electron chi connectivity index (χ2n) is 19.7. The number of hydrogen-bond donors (Lipinski definition) is 7. The van der Waals surface area contributed by atoms with Gasteiger partial charge in [0.15, 0.2) is 5.76 Å². The molecule has 1 aromatic heterocycles. The van der Waals surface area contributed by atoms with E-state index < -0.39 is 35.4 Å². The van der Waals surface area contributed by atoms with Crippen LogP contribution in [0.25, 0.3) is 44.2 Å². The molecule has 2 aliphatic carbocycles. The number of nitrogens with one attached hydrogen (secondary N) is 1. The van der Waals surface area contributed by atoms with Crippen molar-refractivity contribution in [3.63, 3.8) is 0 Å². The summed E-state index contributed by atoms with van der Waals surface area (Å²) in [5, 5.41) is 77.3. The number of phenolic OH excluding ortho intramolecular Hbond substituents is 2. The van der Waals surface area contributed by atoms with Crippen molar-refractivity contribution in [3.05, 3.63) is 115 Å². The molecule has 0 radical (unpaired) electrons. The SMILES string of the molecule is CNC1CSSCc2c(-c3oc4cc(O)c5c(c4c(=O)c3O)OC3CC4c6c-5cc5c7c(ccc(c67)C(SSCCCC3O)C4O)CCC5CCO)cc(CC(C)C)c(O)c2Cc2cccc1c2. The maximum atomic E-state index is 15.3. The zero-order chi connectivity index (χ0) is 47.1. The molecule has 0 amide bonds. The van der Waals surface area contributed by atoms with E-state index in [0.717, 1.165) is 68.5 Å². The number of benzene rings is 5. The van der Waals surface area contributed by atoms with E-state index in [1.807, 2.05) is 19.2 Å². The molecule has 5 bridgehead atoms. The van der Waals surface area contributed by atoms with E-state index in [2.05, 4.69) is 55.6 Å². The third kappa shape index (κ3) is 7.80. The fraction of sp³-hybridized carbons (Fsp3) is 0.426. The standard InChI is InChI=1S/C54H57NO9S4/c1-25(2)16-30-19-34(37-23-66-67-24-38(55-3)29-7-4-6-26(17-29)18-33(37)48(30)59)52-51(62)50(61)47-42(64-52)22-40(58)45-35-20-32-27(13-14-56)9-10-28-11-12-31-46(43(28)32)44(35)36-21-41(63-53(45)47)39(57)8-5-15-65-68-54(31)49(36)60/h4,6-7,11-12,17,19-20,22,25,27,36,38-39,41,49,54-60,62H,5,8-10,13-16,18,21,23-24H2,1-3H3. The van der Waals surface area contributed by atoms with Crippen molar-refractivity contribution < 1.29 is 39.8 Å². The number of hydrogen-bond acceptors (Lipinski definition) is 14. The first kappa shape index (κ1) is 46.4. The zero-order valence-corrected chi connectivity index (χ0v) is 41.6. The van der Waals surface area contributed by atoms with E-state index in [9.17, 15) is 30.6 Å². The Kier molecular flexibility index (Phi) is 12.7. The third-order valence-electron chi connectivity index (χ3n) is 15.1. The highest BCUT2D eigenvalue weighted by molar-refractivity contribution is 8.77. The minimum Gasteiger partial charge on any atom is -0.507 e. The van der Waals surface area contributed by atoms with Gasteiger partial charge in [0.25, 0.3) is 0 Å². The lowest BCUT2D eigenvalue weighted by atomic mass is 9.68. The minimum absolute atomic E-state index is 0.00243. The highest BCUT2D eigenvalue weighted by atomic mass is 33.1. The first-order valence-corrected chi connectivity index (χ1v) is 28.8. The Morgan fingerprint density at radius 2 is 1.75 bits per heavy atom. The van der Waals surface area contributed by atoms with Gasteiger partial charge in [-0.15, -0.1) is 0 Å². The molecule has 356 valence electrons. The van der Waals surface area contributed by atoms with Gasteiger partial charge in [0, 0.05) is 59.4 Å². The second kappa shape index (κ2) is 18.6. The van der Waals surface area contributed by atoms with Crippen LogP contribution in [0.1, 0.15) is 119 Å². The minimum atomic E-state index is -0.973. The Hall–Kier alpha value is -3.99. The predicted molar refractivity (Wildman–Crippen MR) is 278 cm³/mol. The van der Waals surface area contributed by atoms with Crippen LogP contribution in [0, 0.1) is 5.92 Å². The fourth-order valence-corrected chi connectivity index (χ4v) is 17.1. The summed E-state index contributed by atoms with van der Waals surface area (Å²) in [4.78, 5) is 15.3. The number of aliphatic hydroxyl groups excluding tert-OH is 3. The van der Waals surface area contributed by atoms with E-state index in [4.69, 9.17) is 9.15 Å². The summed E-state index contributed by atoms with van der Waals surface area (Å²) in [6.07, 6.45) is 1.83. The topological polar surface area (TPSA) is 173 Å². The number of aliphatic hydroxyl groups is 3. The first-order valence-electron chi connectivity index (χ1n) is 23.9. The molecule has 5 aromatic carbocycles. The van der Waals surface area contributed by atoms with Crippen molar-refractivity contribution in [2.24, 2.45) is 5.92 Å². The van der Waals surface area contributed by atoms with Gasteiger partial charge in [-0.2, -0.15) is 0 Å². The molecule has 5 aliphatic rings. The zero-order valence-electron chi connectivity index (χ0n) is 38.3. The normalized spacial score (nSPS) is 24.4. The molecule has 1 fully saturated rings. The number of rotatable bonds is 6. The number of phenols is 2. The summed E-state index contributed by atoms with van der Waals surface area (Å²) in [6, 6.07) is 18.2. The van der Waals surface area contributed by atoms with Crippen molar-refractivity contribution in [2.45, 2.75) is 112 Å². The monoisotopic (exact) mass is 991 g/mol. The highest BCUT2D eigenvalue weighted by Gasteiger charge is 2.46. The Morgan fingerprint density at radius 3 is 2.56 bits per heavy atom. The van der Waals surface area contributed by atoms with E-state index >= 15 is 4.79 Å². The van der Waals surface area contributed by atoms with Crippen molar-refractivity contribution >= 4 is 64.9 Å². The molecule has 3 aliphatic heterocycles. The van der Waals surface area contributed by atoms with Gasteiger partial charge < -0.3 is 45.1 Å². The lowest BCUT2D eigenvalue weighted by molar-refractivity contribution is 0.00975.